The van der Waals surface area contributed by atoms with Crippen LogP contribution >= 0.6 is 0 Å². The van der Waals surface area contributed by atoms with Gasteiger partial charge in [-0.25, -0.2) is 4.39 Å². The van der Waals surface area contributed by atoms with Crippen LogP contribution in [0.2, 0.25) is 0 Å². The Hall–Kier alpha value is -2.69. The number of benzene rings is 2. The highest BCUT2D eigenvalue weighted by Crippen LogP contribution is 2.27. The van der Waals surface area contributed by atoms with E-state index in [2.05, 4.69) is 6.07 Å². The molecule has 1 amide bonds. The van der Waals surface area contributed by atoms with E-state index in [1.54, 1.807) is 17.0 Å². The van der Waals surface area contributed by atoms with Gasteiger partial charge in [0.1, 0.15) is 5.82 Å². The van der Waals surface area contributed by atoms with Crippen LogP contribution in [0.5, 0.6) is 0 Å². The molecule has 0 spiro atoms. The highest BCUT2D eigenvalue weighted by Gasteiger charge is 2.25. The number of rotatable bonds is 5. The minimum absolute atomic E-state index is 0.0674. The molecule has 0 bridgehead atoms. The minimum Gasteiger partial charge on any atom is -0.481 e. The summed E-state index contributed by atoms with van der Waals surface area (Å²) in [6, 6.07) is 13.9. The summed E-state index contributed by atoms with van der Waals surface area (Å²) in [7, 11) is 0. The van der Waals surface area contributed by atoms with Crippen LogP contribution in [-0.2, 0) is 22.6 Å². The maximum absolute atomic E-state index is 13.5. The number of aliphatic carboxylic acids is 1. The lowest BCUT2D eigenvalue weighted by Gasteiger charge is -2.30. The quantitative estimate of drug-likeness (QED) is 0.907. The van der Waals surface area contributed by atoms with E-state index in [-0.39, 0.29) is 18.7 Å². The Kier molecular flexibility index (Phi) is 5.12. The molecule has 4 nitrogen and oxygen atoms in total. The maximum atomic E-state index is 13.5. The predicted octanol–water partition coefficient (Wildman–Crippen LogP) is 3.36. The van der Waals surface area contributed by atoms with Crippen molar-refractivity contribution >= 4 is 11.9 Å². The standard InChI is InChI=1S/C20H20FNO3/c21-18-7-3-6-15(10-18)17(12-20(24)25)11-19(23)22-9-8-14-4-1-2-5-16(14)13-22/h1-7,10,17H,8-9,11-13H2,(H,24,25). The van der Waals surface area contributed by atoms with Gasteiger partial charge in [0.25, 0.3) is 0 Å². The summed E-state index contributed by atoms with van der Waals surface area (Å²) in [5.41, 5.74) is 2.93. The van der Waals surface area contributed by atoms with Crippen molar-refractivity contribution < 1.29 is 19.1 Å². The van der Waals surface area contributed by atoms with Crippen molar-refractivity contribution in [3.63, 3.8) is 0 Å². The Morgan fingerprint density at radius 2 is 1.84 bits per heavy atom. The summed E-state index contributed by atoms with van der Waals surface area (Å²) >= 11 is 0. The summed E-state index contributed by atoms with van der Waals surface area (Å²) in [6.45, 7) is 1.16. The van der Waals surface area contributed by atoms with Crippen molar-refractivity contribution in [2.45, 2.75) is 31.7 Å². The average molecular weight is 341 g/mol. The zero-order valence-electron chi connectivity index (χ0n) is 13.8. The van der Waals surface area contributed by atoms with E-state index in [0.717, 1.165) is 12.0 Å². The maximum Gasteiger partial charge on any atom is 0.303 e. The Balaban J connectivity index is 1.73. The SMILES string of the molecule is O=C(O)CC(CC(=O)N1CCc2ccccc2C1)c1cccc(F)c1. The average Bonchev–Trinajstić information content (AvgIpc) is 2.60. The lowest BCUT2D eigenvalue weighted by Crippen LogP contribution is -2.36. The Morgan fingerprint density at radius 1 is 1.08 bits per heavy atom. The molecule has 25 heavy (non-hydrogen) atoms. The highest BCUT2D eigenvalue weighted by atomic mass is 19.1. The van der Waals surface area contributed by atoms with E-state index >= 15 is 0 Å². The van der Waals surface area contributed by atoms with Crippen LogP contribution in [-0.4, -0.2) is 28.4 Å². The lowest BCUT2D eigenvalue weighted by atomic mass is 9.91. The zero-order valence-corrected chi connectivity index (χ0v) is 13.8. The topological polar surface area (TPSA) is 57.6 Å². The van der Waals surface area contributed by atoms with Gasteiger partial charge in [-0.1, -0.05) is 36.4 Å². The molecule has 1 heterocycles. The van der Waals surface area contributed by atoms with Gasteiger partial charge in [-0.3, -0.25) is 9.59 Å². The molecule has 1 unspecified atom stereocenters. The van der Waals surface area contributed by atoms with E-state index in [0.29, 0.717) is 18.7 Å². The van der Waals surface area contributed by atoms with Crippen LogP contribution < -0.4 is 0 Å². The van der Waals surface area contributed by atoms with Gasteiger partial charge < -0.3 is 10.0 Å². The number of amides is 1. The minimum atomic E-state index is -0.994. The molecule has 0 fully saturated rings. The van der Waals surface area contributed by atoms with Crippen LogP contribution in [0.15, 0.2) is 48.5 Å². The molecule has 2 aromatic rings. The first-order valence-electron chi connectivity index (χ1n) is 8.35. The van der Waals surface area contributed by atoms with Crippen LogP contribution in [0.1, 0.15) is 35.4 Å². The predicted molar refractivity (Wildman–Crippen MR) is 91.6 cm³/mol. The normalized spacial score (nSPS) is 14.7. The Morgan fingerprint density at radius 3 is 2.56 bits per heavy atom. The van der Waals surface area contributed by atoms with Gasteiger partial charge in [0.05, 0.1) is 6.42 Å². The second kappa shape index (κ2) is 7.47. The van der Waals surface area contributed by atoms with Crippen LogP contribution in [0.3, 0.4) is 0 Å². The van der Waals surface area contributed by atoms with Crippen molar-refractivity contribution in [2.75, 3.05) is 6.54 Å². The number of halogens is 1. The fourth-order valence-corrected chi connectivity index (χ4v) is 3.33. The Bertz CT molecular complexity index is 790. The number of hydrogen-bond acceptors (Lipinski definition) is 2. The second-order valence-corrected chi connectivity index (χ2v) is 6.39. The van der Waals surface area contributed by atoms with E-state index in [9.17, 15) is 14.0 Å². The van der Waals surface area contributed by atoms with Gasteiger partial charge in [-0.05, 0) is 35.2 Å². The van der Waals surface area contributed by atoms with Crippen molar-refractivity contribution in [3.05, 3.63) is 71.0 Å². The van der Waals surface area contributed by atoms with Crippen LogP contribution in [0, 0.1) is 5.82 Å². The largest absolute Gasteiger partial charge is 0.481 e. The first kappa shape index (κ1) is 17.1. The van der Waals surface area contributed by atoms with Gasteiger partial charge in [0.2, 0.25) is 5.91 Å². The van der Waals surface area contributed by atoms with Gasteiger partial charge in [-0.2, -0.15) is 0 Å². The van der Waals surface area contributed by atoms with E-state index < -0.39 is 17.7 Å². The highest BCUT2D eigenvalue weighted by molar-refractivity contribution is 5.79. The third-order valence-corrected chi connectivity index (χ3v) is 4.65. The fraction of sp³-hybridized carbons (Fsp3) is 0.300. The van der Waals surface area contributed by atoms with Crippen molar-refractivity contribution in [1.29, 1.82) is 0 Å². The van der Waals surface area contributed by atoms with E-state index in [1.165, 1.54) is 17.7 Å². The summed E-state index contributed by atoms with van der Waals surface area (Å²) < 4.78 is 13.5. The summed E-state index contributed by atoms with van der Waals surface area (Å²) in [6.07, 6.45) is 0.670. The van der Waals surface area contributed by atoms with E-state index in [4.69, 9.17) is 5.11 Å². The molecule has 1 N–H and O–H groups in total. The molecule has 3 rings (SSSR count). The molecule has 0 saturated heterocycles. The molecule has 0 aromatic heterocycles. The first-order valence-corrected chi connectivity index (χ1v) is 8.35. The number of carboxylic acids is 1. The van der Waals surface area contributed by atoms with E-state index in [1.807, 2.05) is 18.2 Å². The molecule has 0 saturated carbocycles. The molecule has 1 aliphatic heterocycles. The molecule has 5 heteroatoms. The number of carboxylic acid groups (broad SMARTS) is 1. The number of carbonyl (C=O) groups excluding carboxylic acids is 1. The number of nitrogens with zero attached hydrogens (tertiary/aromatic N) is 1. The third-order valence-electron chi connectivity index (χ3n) is 4.65. The van der Waals surface area contributed by atoms with Gasteiger partial charge in [0, 0.05) is 25.4 Å². The van der Waals surface area contributed by atoms with Crippen molar-refractivity contribution in [3.8, 4) is 0 Å². The first-order chi connectivity index (χ1) is 12.0. The molecule has 130 valence electrons. The summed E-state index contributed by atoms with van der Waals surface area (Å²) in [5, 5.41) is 9.15. The number of hydrogen-bond donors (Lipinski definition) is 1. The van der Waals surface area contributed by atoms with Crippen molar-refractivity contribution in [2.24, 2.45) is 0 Å². The van der Waals surface area contributed by atoms with Crippen LogP contribution in [0.4, 0.5) is 4.39 Å². The van der Waals surface area contributed by atoms with Gasteiger partial charge in [0.15, 0.2) is 0 Å². The number of fused-ring (bicyclic) bond motifs is 1. The number of carbonyl (C=O) groups is 2. The zero-order chi connectivity index (χ0) is 17.8. The monoisotopic (exact) mass is 341 g/mol. The Labute approximate surface area is 145 Å². The fourth-order valence-electron chi connectivity index (χ4n) is 3.33. The molecular weight excluding hydrogens is 321 g/mol. The smallest absolute Gasteiger partial charge is 0.303 e. The molecule has 1 aliphatic rings. The molecule has 0 radical (unpaired) electrons. The van der Waals surface area contributed by atoms with Gasteiger partial charge in [-0.15, -0.1) is 0 Å². The molecule has 0 aliphatic carbocycles. The second-order valence-electron chi connectivity index (χ2n) is 6.39. The molecular formula is C20H20FNO3. The van der Waals surface area contributed by atoms with Crippen LogP contribution in [0.25, 0.3) is 0 Å². The molecule has 2 aromatic carbocycles. The molecule has 1 atom stereocenters. The summed E-state index contributed by atoms with van der Waals surface area (Å²) in [5.74, 6) is -2.04. The third kappa shape index (κ3) is 4.24. The summed E-state index contributed by atoms with van der Waals surface area (Å²) in [4.78, 5) is 25.6. The van der Waals surface area contributed by atoms with Crippen molar-refractivity contribution in [1.82, 2.24) is 4.90 Å². The van der Waals surface area contributed by atoms with Gasteiger partial charge >= 0.3 is 5.97 Å². The lowest BCUT2D eigenvalue weighted by molar-refractivity contribution is -0.138.